The van der Waals surface area contributed by atoms with E-state index in [2.05, 4.69) is 23.8 Å². The second-order valence-corrected chi connectivity index (χ2v) is 4.45. The maximum atomic E-state index is 13.4. The summed E-state index contributed by atoms with van der Waals surface area (Å²) in [6.45, 7) is 0.546. The molecule has 1 aromatic rings. The highest BCUT2D eigenvalue weighted by Gasteiger charge is 2.25. The lowest BCUT2D eigenvalue weighted by Crippen LogP contribution is -2.20. The molecule has 0 atom stereocenters. The van der Waals surface area contributed by atoms with Gasteiger partial charge in [-0.25, -0.2) is 4.39 Å². The number of aliphatic hydroxyl groups excluding tert-OH is 1. The molecule has 1 fully saturated rings. The van der Waals surface area contributed by atoms with Crippen LogP contribution in [0, 0.1) is 17.7 Å². The minimum Gasteiger partial charge on any atom is -0.384 e. The lowest BCUT2D eigenvalue weighted by atomic mass is 10.1. The summed E-state index contributed by atoms with van der Waals surface area (Å²) in [5.74, 6) is 5.00. The molecular weight excluding hydrogens is 217 g/mol. The molecule has 0 aliphatic heterocycles. The minimum absolute atomic E-state index is 0.201. The average molecular weight is 233 g/mol. The van der Waals surface area contributed by atoms with Crippen LogP contribution in [0.4, 0.5) is 4.39 Å². The molecule has 0 bridgehead atoms. The molecule has 1 aromatic carbocycles. The third-order valence-electron chi connectivity index (χ3n) is 2.87. The van der Waals surface area contributed by atoms with Gasteiger partial charge in [-0.2, -0.15) is 0 Å². The van der Waals surface area contributed by atoms with E-state index in [4.69, 9.17) is 5.11 Å². The second kappa shape index (κ2) is 5.31. The number of nitrogens with zero attached hydrogens (tertiary/aromatic N) is 1. The van der Waals surface area contributed by atoms with Gasteiger partial charge < -0.3 is 5.11 Å². The molecule has 2 rings (SSSR count). The maximum Gasteiger partial charge on any atom is 0.124 e. The molecule has 1 aliphatic rings. The summed E-state index contributed by atoms with van der Waals surface area (Å²) >= 11 is 0. The summed E-state index contributed by atoms with van der Waals surface area (Å²) in [7, 11) is 2.06. The molecule has 90 valence electrons. The zero-order chi connectivity index (χ0) is 12.3. The Kier molecular flexibility index (Phi) is 3.78. The van der Waals surface area contributed by atoms with Crippen molar-refractivity contribution in [3.63, 3.8) is 0 Å². The quantitative estimate of drug-likeness (QED) is 0.804. The molecule has 1 aliphatic carbocycles. The fourth-order valence-corrected chi connectivity index (χ4v) is 1.89. The largest absolute Gasteiger partial charge is 0.384 e. The third kappa shape index (κ3) is 3.55. The number of hydrogen-bond acceptors (Lipinski definition) is 2. The molecule has 0 aromatic heterocycles. The molecule has 0 amide bonds. The first-order valence-electron chi connectivity index (χ1n) is 5.78. The van der Waals surface area contributed by atoms with Crippen molar-refractivity contribution in [3.05, 3.63) is 35.1 Å². The van der Waals surface area contributed by atoms with Crippen molar-refractivity contribution in [2.75, 3.05) is 13.7 Å². The van der Waals surface area contributed by atoms with Crippen molar-refractivity contribution in [1.82, 2.24) is 4.90 Å². The van der Waals surface area contributed by atoms with Gasteiger partial charge in [0.25, 0.3) is 0 Å². The minimum atomic E-state index is -0.270. The third-order valence-corrected chi connectivity index (χ3v) is 2.87. The van der Waals surface area contributed by atoms with Gasteiger partial charge in [-0.3, -0.25) is 4.90 Å². The van der Waals surface area contributed by atoms with E-state index < -0.39 is 0 Å². The van der Waals surface area contributed by atoms with Gasteiger partial charge in [0.05, 0.1) is 0 Å². The fourth-order valence-electron chi connectivity index (χ4n) is 1.89. The molecule has 0 unspecified atom stereocenters. The first-order chi connectivity index (χ1) is 8.19. The van der Waals surface area contributed by atoms with Gasteiger partial charge >= 0.3 is 0 Å². The van der Waals surface area contributed by atoms with E-state index in [0.29, 0.717) is 11.6 Å². The van der Waals surface area contributed by atoms with Gasteiger partial charge in [-0.1, -0.05) is 11.8 Å². The number of aliphatic hydroxyl groups is 1. The summed E-state index contributed by atoms with van der Waals surface area (Å²) in [5.41, 5.74) is 1.56. The topological polar surface area (TPSA) is 23.5 Å². The van der Waals surface area contributed by atoms with Gasteiger partial charge in [0.1, 0.15) is 12.4 Å². The number of halogens is 1. The smallest absolute Gasteiger partial charge is 0.124 e. The highest BCUT2D eigenvalue weighted by Crippen LogP contribution is 2.26. The van der Waals surface area contributed by atoms with Crippen molar-refractivity contribution >= 4 is 0 Å². The van der Waals surface area contributed by atoms with Crippen LogP contribution in [0.3, 0.4) is 0 Å². The van der Waals surface area contributed by atoms with Crippen LogP contribution >= 0.6 is 0 Å². The SMILES string of the molecule is CN(Cc1cc(F)cc(C#CCO)c1)C1CC1. The van der Waals surface area contributed by atoms with Crippen molar-refractivity contribution in [2.24, 2.45) is 0 Å². The Labute approximate surface area is 101 Å². The molecule has 0 radical (unpaired) electrons. The molecular formula is C14H16FNO. The molecule has 0 saturated heterocycles. The predicted octanol–water partition coefficient (Wildman–Crippen LogP) is 1.76. The molecule has 3 heteroatoms. The summed E-state index contributed by atoms with van der Waals surface area (Å²) in [6, 6.07) is 5.47. The van der Waals surface area contributed by atoms with Crippen molar-refractivity contribution in [3.8, 4) is 11.8 Å². The number of rotatable bonds is 3. The molecule has 0 heterocycles. The zero-order valence-corrected chi connectivity index (χ0v) is 9.91. The van der Waals surface area contributed by atoms with Gasteiger partial charge in [0, 0.05) is 18.2 Å². The van der Waals surface area contributed by atoms with E-state index in [1.54, 1.807) is 6.07 Å². The Morgan fingerprint density at radius 2 is 2.18 bits per heavy atom. The Morgan fingerprint density at radius 1 is 1.41 bits per heavy atom. The predicted molar refractivity (Wildman–Crippen MR) is 64.9 cm³/mol. The van der Waals surface area contributed by atoms with Gasteiger partial charge in [0.2, 0.25) is 0 Å². The average Bonchev–Trinajstić information content (AvgIpc) is 3.09. The van der Waals surface area contributed by atoms with E-state index in [0.717, 1.165) is 12.1 Å². The molecule has 1 saturated carbocycles. The van der Waals surface area contributed by atoms with Crippen LogP contribution in [0.5, 0.6) is 0 Å². The lowest BCUT2D eigenvalue weighted by Gasteiger charge is -2.15. The van der Waals surface area contributed by atoms with E-state index in [-0.39, 0.29) is 12.4 Å². The number of hydrogen-bond donors (Lipinski definition) is 1. The van der Waals surface area contributed by atoms with E-state index in [1.165, 1.54) is 18.9 Å². The van der Waals surface area contributed by atoms with Crippen molar-refractivity contribution in [1.29, 1.82) is 0 Å². The van der Waals surface area contributed by atoms with Crippen molar-refractivity contribution < 1.29 is 9.50 Å². The van der Waals surface area contributed by atoms with Gasteiger partial charge in [-0.15, -0.1) is 0 Å². The van der Waals surface area contributed by atoms with Crippen LogP contribution in [-0.4, -0.2) is 29.7 Å². The van der Waals surface area contributed by atoms with Gasteiger partial charge in [0.15, 0.2) is 0 Å². The Bertz CT molecular complexity index is 457. The summed E-state index contributed by atoms with van der Waals surface area (Å²) in [5, 5.41) is 8.62. The Hall–Kier alpha value is -1.37. The first kappa shape index (κ1) is 12.1. The molecule has 0 spiro atoms. The summed E-state index contributed by atoms with van der Waals surface area (Å²) in [4.78, 5) is 2.23. The Balaban J connectivity index is 2.12. The van der Waals surface area contributed by atoms with Crippen LogP contribution < -0.4 is 0 Å². The summed E-state index contributed by atoms with van der Waals surface area (Å²) in [6.07, 6.45) is 2.48. The highest BCUT2D eigenvalue weighted by atomic mass is 19.1. The summed E-state index contributed by atoms with van der Waals surface area (Å²) < 4.78 is 13.4. The number of benzene rings is 1. The first-order valence-corrected chi connectivity index (χ1v) is 5.78. The highest BCUT2D eigenvalue weighted by molar-refractivity contribution is 5.37. The van der Waals surface area contributed by atoms with Crippen LogP contribution in [0.2, 0.25) is 0 Å². The fraction of sp³-hybridized carbons (Fsp3) is 0.429. The molecule has 2 nitrogen and oxygen atoms in total. The lowest BCUT2D eigenvalue weighted by molar-refractivity contribution is 0.316. The standard InChI is InChI=1S/C14H16FNO/c1-16(14-4-5-14)10-12-7-11(3-2-6-17)8-13(15)9-12/h7-9,14,17H,4-6,10H2,1H3. The van der Waals surface area contributed by atoms with E-state index >= 15 is 0 Å². The van der Waals surface area contributed by atoms with Crippen LogP contribution in [-0.2, 0) is 6.54 Å². The maximum absolute atomic E-state index is 13.4. The second-order valence-electron chi connectivity index (χ2n) is 4.45. The van der Waals surface area contributed by atoms with E-state index in [9.17, 15) is 4.39 Å². The zero-order valence-electron chi connectivity index (χ0n) is 9.91. The molecule has 1 N–H and O–H groups in total. The van der Waals surface area contributed by atoms with Crippen LogP contribution in [0.15, 0.2) is 18.2 Å². The monoisotopic (exact) mass is 233 g/mol. The van der Waals surface area contributed by atoms with Crippen LogP contribution in [0.25, 0.3) is 0 Å². The van der Waals surface area contributed by atoms with Crippen molar-refractivity contribution in [2.45, 2.75) is 25.4 Å². The molecule has 17 heavy (non-hydrogen) atoms. The van der Waals surface area contributed by atoms with E-state index in [1.807, 2.05) is 6.07 Å². The Morgan fingerprint density at radius 3 is 2.82 bits per heavy atom. The van der Waals surface area contributed by atoms with Gasteiger partial charge in [-0.05, 0) is 43.7 Å². The normalized spacial score (nSPS) is 14.6. The van der Waals surface area contributed by atoms with Crippen LogP contribution in [0.1, 0.15) is 24.0 Å².